The highest BCUT2D eigenvalue weighted by atomic mass is 14.3. The van der Waals surface area contributed by atoms with Crippen LogP contribution in [0, 0.1) is 0 Å². The summed E-state index contributed by atoms with van der Waals surface area (Å²) >= 11 is 0. The zero-order valence-electron chi connectivity index (χ0n) is 32.8. The Morgan fingerprint density at radius 2 is 0.617 bits per heavy atom. The van der Waals surface area contributed by atoms with Gasteiger partial charge in [0.15, 0.2) is 0 Å². The zero-order chi connectivity index (χ0) is 39.3. The van der Waals surface area contributed by atoms with Crippen LogP contribution in [0.5, 0.6) is 0 Å². The van der Waals surface area contributed by atoms with Crippen LogP contribution in [0.25, 0.3) is 131 Å². The fourth-order valence-corrected chi connectivity index (χ4v) is 10.7. The second-order valence-electron chi connectivity index (χ2n) is 16.3. The maximum absolute atomic E-state index is 2.50. The van der Waals surface area contributed by atoms with Crippen molar-refractivity contribution >= 4 is 64.6 Å². The Kier molecular flexibility index (Phi) is 7.11. The molecule has 1 aliphatic rings. The van der Waals surface area contributed by atoms with Crippen molar-refractivity contribution in [2.45, 2.75) is 0 Å². The van der Waals surface area contributed by atoms with Crippen LogP contribution < -0.4 is 0 Å². The maximum Gasteiger partial charge on any atom is -0.000741 e. The van der Waals surface area contributed by atoms with Crippen molar-refractivity contribution in [3.05, 3.63) is 218 Å². The first kappa shape index (κ1) is 33.2. The van der Waals surface area contributed by atoms with Gasteiger partial charge in [0.25, 0.3) is 0 Å². The molecule has 276 valence electrons. The predicted octanol–water partition coefficient (Wildman–Crippen LogP) is 16.9. The van der Waals surface area contributed by atoms with Crippen molar-refractivity contribution in [1.29, 1.82) is 0 Å². The molecule has 0 atom stereocenters. The molecule has 0 amide bonds. The molecule has 13 rings (SSSR count). The molecule has 0 unspecified atom stereocenters. The van der Waals surface area contributed by atoms with E-state index >= 15 is 0 Å². The molecule has 0 nitrogen and oxygen atoms in total. The highest BCUT2D eigenvalue weighted by molar-refractivity contribution is 6.30. The van der Waals surface area contributed by atoms with Gasteiger partial charge in [-0.25, -0.2) is 0 Å². The highest BCUT2D eigenvalue weighted by Gasteiger charge is 2.32. The Hall–Kier alpha value is -7.80. The van der Waals surface area contributed by atoms with Gasteiger partial charge in [-0.3, -0.25) is 0 Å². The molecule has 0 N–H and O–H groups in total. The van der Waals surface area contributed by atoms with Gasteiger partial charge in [-0.05, 0) is 150 Å². The first-order valence-corrected chi connectivity index (χ1v) is 20.9. The minimum atomic E-state index is 1.23. The van der Waals surface area contributed by atoms with Crippen molar-refractivity contribution in [1.82, 2.24) is 0 Å². The normalized spacial score (nSPS) is 12.0. The Morgan fingerprint density at radius 1 is 0.183 bits per heavy atom. The summed E-state index contributed by atoms with van der Waals surface area (Å²) < 4.78 is 0. The fourth-order valence-electron chi connectivity index (χ4n) is 10.7. The lowest BCUT2D eigenvalue weighted by molar-refractivity contribution is 1.62. The average Bonchev–Trinajstić information content (AvgIpc) is 3.64. The van der Waals surface area contributed by atoms with E-state index in [2.05, 4.69) is 218 Å². The zero-order valence-corrected chi connectivity index (χ0v) is 32.8. The van der Waals surface area contributed by atoms with Gasteiger partial charge in [-0.2, -0.15) is 0 Å². The van der Waals surface area contributed by atoms with Gasteiger partial charge in [-0.15, -0.1) is 0 Å². The molecule has 0 saturated heterocycles. The predicted molar refractivity (Wildman–Crippen MR) is 258 cm³/mol. The highest BCUT2D eigenvalue weighted by Crippen LogP contribution is 2.59. The van der Waals surface area contributed by atoms with Crippen LogP contribution in [0.3, 0.4) is 0 Å². The molecule has 0 heteroatoms. The Balaban J connectivity index is 1.19. The van der Waals surface area contributed by atoms with Gasteiger partial charge >= 0.3 is 0 Å². The maximum atomic E-state index is 2.50. The monoisotopic (exact) mass is 756 g/mol. The van der Waals surface area contributed by atoms with Gasteiger partial charge in [0, 0.05) is 0 Å². The van der Waals surface area contributed by atoms with Gasteiger partial charge in [-0.1, -0.05) is 200 Å². The Bertz CT molecular complexity index is 3630. The van der Waals surface area contributed by atoms with Crippen LogP contribution in [0.4, 0.5) is 0 Å². The van der Waals surface area contributed by atoms with Crippen LogP contribution in [0.2, 0.25) is 0 Å². The Morgan fingerprint density at radius 3 is 1.17 bits per heavy atom. The standard InChI is InChI=1S/C60H36/c1-3-16-37(17-4-1)55-50-31-30-43(54-44-24-11-7-20-39(44)34-40-21-8-12-25-45(40)54)36-53(50)56(38-18-5-2-6-19-38)59-51-29-15-28-48-49(32-33-52(58(48)51)60(55)59)57-46-26-13-9-22-41(46)35-42-23-10-14-27-47(42)57/h1-36H. The van der Waals surface area contributed by atoms with Crippen molar-refractivity contribution < 1.29 is 0 Å². The number of benzene rings is 12. The molecule has 0 radical (unpaired) electrons. The van der Waals surface area contributed by atoms with Crippen LogP contribution in [0.1, 0.15) is 0 Å². The molecule has 0 spiro atoms. The van der Waals surface area contributed by atoms with Crippen LogP contribution >= 0.6 is 0 Å². The molecule has 1 aliphatic carbocycles. The minimum Gasteiger partial charge on any atom is -0.0622 e. The average molecular weight is 757 g/mol. The second-order valence-corrected chi connectivity index (χ2v) is 16.3. The third-order valence-corrected chi connectivity index (χ3v) is 13.1. The Labute approximate surface area is 348 Å². The number of hydrogen-bond acceptors (Lipinski definition) is 0. The number of rotatable bonds is 4. The topological polar surface area (TPSA) is 0 Å². The van der Waals surface area contributed by atoms with E-state index in [1.807, 2.05) is 0 Å². The summed E-state index contributed by atoms with van der Waals surface area (Å²) in [5.41, 5.74) is 15.3. The summed E-state index contributed by atoms with van der Waals surface area (Å²) in [6, 6.07) is 81.4. The summed E-state index contributed by atoms with van der Waals surface area (Å²) in [6.07, 6.45) is 0. The van der Waals surface area contributed by atoms with E-state index in [0.717, 1.165) is 0 Å². The van der Waals surface area contributed by atoms with Gasteiger partial charge in [0.1, 0.15) is 0 Å². The van der Waals surface area contributed by atoms with Gasteiger partial charge < -0.3 is 0 Å². The van der Waals surface area contributed by atoms with Crippen molar-refractivity contribution in [3.8, 4) is 66.8 Å². The molecular weight excluding hydrogens is 721 g/mol. The molecule has 0 saturated carbocycles. The van der Waals surface area contributed by atoms with Crippen molar-refractivity contribution in [2.75, 3.05) is 0 Å². The first-order chi connectivity index (χ1) is 29.8. The van der Waals surface area contributed by atoms with Gasteiger partial charge in [0.2, 0.25) is 0 Å². The molecule has 60 heavy (non-hydrogen) atoms. The molecule has 0 aromatic heterocycles. The first-order valence-electron chi connectivity index (χ1n) is 20.9. The summed E-state index contributed by atoms with van der Waals surface area (Å²) in [5, 5.41) is 15.3. The van der Waals surface area contributed by atoms with E-state index in [0.29, 0.717) is 0 Å². The number of hydrogen-bond donors (Lipinski definition) is 0. The lowest BCUT2D eigenvalue weighted by Gasteiger charge is -2.22. The smallest absolute Gasteiger partial charge is 0.000741 e. The van der Waals surface area contributed by atoms with E-state index in [-0.39, 0.29) is 0 Å². The van der Waals surface area contributed by atoms with Crippen LogP contribution in [-0.4, -0.2) is 0 Å². The van der Waals surface area contributed by atoms with Crippen LogP contribution in [0.15, 0.2) is 218 Å². The van der Waals surface area contributed by atoms with E-state index in [9.17, 15) is 0 Å². The summed E-state index contributed by atoms with van der Waals surface area (Å²) in [4.78, 5) is 0. The largest absolute Gasteiger partial charge is 0.0622 e. The van der Waals surface area contributed by atoms with E-state index in [4.69, 9.17) is 0 Å². The molecule has 12 aromatic carbocycles. The molecule has 12 aromatic rings. The SMILES string of the molecule is c1ccc(-c2c3c(c(-c4ccccc4)c4cc(-c5c6ccccc6cc6ccccc56)ccc24)-c2cccc4c(-c5c6ccccc6cc6ccccc56)ccc-3c24)cc1. The third-order valence-electron chi connectivity index (χ3n) is 13.1. The van der Waals surface area contributed by atoms with E-state index in [1.54, 1.807) is 0 Å². The lowest BCUT2D eigenvalue weighted by Crippen LogP contribution is -1.94. The fraction of sp³-hybridized carbons (Fsp3) is 0. The molecule has 0 heterocycles. The number of fused-ring (bicyclic) bond motifs is 8. The quantitative estimate of drug-likeness (QED) is 0.157. The van der Waals surface area contributed by atoms with E-state index in [1.165, 1.54) is 131 Å². The van der Waals surface area contributed by atoms with E-state index < -0.39 is 0 Å². The third kappa shape index (κ3) is 4.73. The summed E-state index contributed by atoms with van der Waals surface area (Å²) in [6.45, 7) is 0. The van der Waals surface area contributed by atoms with Crippen molar-refractivity contribution in [3.63, 3.8) is 0 Å². The molecule has 0 fully saturated rings. The van der Waals surface area contributed by atoms with Gasteiger partial charge in [0.05, 0.1) is 0 Å². The minimum absolute atomic E-state index is 1.23. The molecule has 0 aliphatic heterocycles. The lowest BCUT2D eigenvalue weighted by atomic mass is 9.81. The van der Waals surface area contributed by atoms with Crippen LogP contribution in [-0.2, 0) is 0 Å². The summed E-state index contributed by atoms with van der Waals surface area (Å²) in [5.74, 6) is 0. The van der Waals surface area contributed by atoms with Crippen molar-refractivity contribution in [2.24, 2.45) is 0 Å². The molecular formula is C60H36. The second kappa shape index (κ2) is 12.9. The summed E-state index contributed by atoms with van der Waals surface area (Å²) in [7, 11) is 0. The molecule has 0 bridgehead atoms.